The highest BCUT2D eigenvalue weighted by atomic mass is 16.5. The Morgan fingerprint density at radius 1 is 1.35 bits per heavy atom. The van der Waals surface area contributed by atoms with Gasteiger partial charge in [-0.05, 0) is 24.6 Å². The molecule has 20 heavy (non-hydrogen) atoms. The van der Waals surface area contributed by atoms with Crippen molar-refractivity contribution in [3.63, 3.8) is 0 Å². The van der Waals surface area contributed by atoms with Gasteiger partial charge in [0.1, 0.15) is 12.4 Å². The minimum absolute atomic E-state index is 0.153. The SMILES string of the molecule is CCn1cc(N)c(C(=O)OCc2ccc(OC)cc2)n1. The Bertz CT molecular complexity index is 590. The molecule has 0 aliphatic rings. The number of carbonyl (C=O) groups excluding carboxylic acids is 1. The molecule has 0 spiro atoms. The predicted molar refractivity (Wildman–Crippen MR) is 74.4 cm³/mol. The molecule has 0 aliphatic carbocycles. The normalized spacial score (nSPS) is 10.3. The number of esters is 1. The minimum Gasteiger partial charge on any atom is -0.497 e. The second-order valence-corrected chi connectivity index (χ2v) is 4.21. The molecular weight excluding hydrogens is 258 g/mol. The summed E-state index contributed by atoms with van der Waals surface area (Å²) < 4.78 is 11.8. The van der Waals surface area contributed by atoms with Gasteiger partial charge in [-0.15, -0.1) is 0 Å². The quantitative estimate of drug-likeness (QED) is 0.842. The van der Waals surface area contributed by atoms with Crippen LogP contribution < -0.4 is 10.5 Å². The molecule has 2 N–H and O–H groups in total. The summed E-state index contributed by atoms with van der Waals surface area (Å²) in [6.45, 7) is 2.73. The van der Waals surface area contributed by atoms with Crippen molar-refractivity contribution >= 4 is 11.7 Å². The Balaban J connectivity index is 1.98. The van der Waals surface area contributed by atoms with Crippen LogP contribution in [0, 0.1) is 0 Å². The number of carbonyl (C=O) groups is 1. The third kappa shape index (κ3) is 3.09. The highest BCUT2D eigenvalue weighted by Crippen LogP contribution is 2.14. The van der Waals surface area contributed by atoms with Gasteiger partial charge in [0.15, 0.2) is 5.69 Å². The van der Waals surface area contributed by atoms with E-state index >= 15 is 0 Å². The number of nitrogens with two attached hydrogens (primary N) is 1. The monoisotopic (exact) mass is 275 g/mol. The molecule has 0 fully saturated rings. The lowest BCUT2D eigenvalue weighted by atomic mass is 10.2. The molecule has 1 heterocycles. The van der Waals surface area contributed by atoms with E-state index < -0.39 is 5.97 Å². The van der Waals surface area contributed by atoms with Crippen LogP contribution in [0.5, 0.6) is 5.75 Å². The average Bonchev–Trinajstić information content (AvgIpc) is 2.86. The lowest BCUT2D eigenvalue weighted by molar-refractivity contribution is 0.0466. The smallest absolute Gasteiger partial charge is 0.361 e. The number of rotatable bonds is 5. The Hall–Kier alpha value is -2.50. The fourth-order valence-electron chi connectivity index (χ4n) is 1.70. The second-order valence-electron chi connectivity index (χ2n) is 4.21. The summed E-state index contributed by atoms with van der Waals surface area (Å²) in [7, 11) is 1.60. The molecule has 0 aliphatic heterocycles. The van der Waals surface area contributed by atoms with Crippen LogP contribution in [0.2, 0.25) is 0 Å². The highest BCUT2D eigenvalue weighted by molar-refractivity contribution is 5.92. The Morgan fingerprint density at radius 3 is 2.60 bits per heavy atom. The van der Waals surface area contributed by atoms with Crippen molar-refractivity contribution in [3.8, 4) is 5.75 Å². The number of aromatic nitrogens is 2. The number of benzene rings is 1. The van der Waals surface area contributed by atoms with E-state index in [0.717, 1.165) is 11.3 Å². The van der Waals surface area contributed by atoms with Crippen molar-refractivity contribution in [1.29, 1.82) is 0 Å². The van der Waals surface area contributed by atoms with Gasteiger partial charge in [-0.25, -0.2) is 4.79 Å². The van der Waals surface area contributed by atoms with Crippen LogP contribution in [0.25, 0.3) is 0 Å². The van der Waals surface area contributed by atoms with Gasteiger partial charge in [0.25, 0.3) is 0 Å². The molecule has 0 saturated heterocycles. The van der Waals surface area contributed by atoms with E-state index in [1.54, 1.807) is 18.0 Å². The van der Waals surface area contributed by atoms with E-state index in [2.05, 4.69) is 5.10 Å². The van der Waals surface area contributed by atoms with Crippen LogP contribution in [0.4, 0.5) is 5.69 Å². The molecule has 6 nitrogen and oxygen atoms in total. The first-order valence-corrected chi connectivity index (χ1v) is 6.27. The Morgan fingerprint density at radius 2 is 2.05 bits per heavy atom. The average molecular weight is 275 g/mol. The highest BCUT2D eigenvalue weighted by Gasteiger charge is 2.16. The number of methoxy groups -OCH3 is 1. The fraction of sp³-hybridized carbons (Fsp3) is 0.286. The van der Waals surface area contributed by atoms with Crippen LogP contribution in [0.3, 0.4) is 0 Å². The molecule has 6 heteroatoms. The molecule has 1 aromatic carbocycles. The Kier molecular flexibility index (Phi) is 4.24. The third-order valence-electron chi connectivity index (χ3n) is 2.84. The summed E-state index contributed by atoms with van der Waals surface area (Å²) in [5.41, 5.74) is 7.07. The maximum Gasteiger partial charge on any atom is 0.361 e. The standard InChI is InChI=1S/C14H17N3O3/c1-3-17-8-12(15)13(16-17)14(18)20-9-10-4-6-11(19-2)7-5-10/h4-8H,3,9,15H2,1-2H3. The summed E-state index contributed by atoms with van der Waals surface area (Å²) in [6, 6.07) is 7.28. The van der Waals surface area contributed by atoms with E-state index in [0.29, 0.717) is 12.2 Å². The zero-order chi connectivity index (χ0) is 14.5. The third-order valence-corrected chi connectivity index (χ3v) is 2.84. The maximum atomic E-state index is 11.9. The summed E-state index contributed by atoms with van der Waals surface area (Å²) in [6.07, 6.45) is 1.62. The predicted octanol–water partition coefficient (Wildman–Crippen LogP) is 1.85. The van der Waals surface area contributed by atoms with E-state index in [4.69, 9.17) is 15.2 Å². The molecule has 2 aromatic rings. The van der Waals surface area contributed by atoms with Crippen molar-refractivity contribution < 1.29 is 14.3 Å². The van der Waals surface area contributed by atoms with Crippen LogP contribution >= 0.6 is 0 Å². The number of hydrogen-bond acceptors (Lipinski definition) is 5. The van der Waals surface area contributed by atoms with Gasteiger partial charge < -0.3 is 15.2 Å². The first kappa shape index (κ1) is 13.9. The van der Waals surface area contributed by atoms with Gasteiger partial charge in [0.05, 0.1) is 12.8 Å². The van der Waals surface area contributed by atoms with Crippen molar-refractivity contribution in [2.45, 2.75) is 20.1 Å². The number of anilines is 1. The molecule has 0 unspecified atom stereocenters. The first-order chi connectivity index (χ1) is 9.63. The number of nitrogens with zero attached hydrogens (tertiary/aromatic N) is 2. The van der Waals surface area contributed by atoms with Crippen LogP contribution in [-0.4, -0.2) is 22.9 Å². The maximum absolute atomic E-state index is 11.9. The fourth-order valence-corrected chi connectivity index (χ4v) is 1.70. The molecule has 1 aromatic heterocycles. The summed E-state index contributed by atoms with van der Waals surface area (Å²) in [5, 5.41) is 4.06. The van der Waals surface area contributed by atoms with Gasteiger partial charge in [-0.2, -0.15) is 5.10 Å². The van der Waals surface area contributed by atoms with Gasteiger partial charge in [-0.3, -0.25) is 4.68 Å². The van der Waals surface area contributed by atoms with Crippen molar-refractivity contribution in [2.75, 3.05) is 12.8 Å². The van der Waals surface area contributed by atoms with Gasteiger partial charge in [-0.1, -0.05) is 12.1 Å². The summed E-state index contributed by atoms with van der Waals surface area (Å²) in [4.78, 5) is 11.9. The number of hydrogen-bond donors (Lipinski definition) is 1. The lowest BCUT2D eigenvalue weighted by Gasteiger charge is -2.05. The topological polar surface area (TPSA) is 79.4 Å². The first-order valence-electron chi connectivity index (χ1n) is 6.27. The minimum atomic E-state index is -0.523. The molecule has 0 amide bonds. The van der Waals surface area contributed by atoms with E-state index in [9.17, 15) is 4.79 Å². The summed E-state index contributed by atoms with van der Waals surface area (Å²) in [5.74, 6) is 0.233. The molecular formula is C14H17N3O3. The molecule has 0 radical (unpaired) electrons. The molecule has 0 bridgehead atoms. The van der Waals surface area contributed by atoms with Gasteiger partial charge in [0.2, 0.25) is 0 Å². The van der Waals surface area contributed by atoms with Crippen LogP contribution in [0.15, 0.2) is 30.5 Å². The summed E-state index contributed by atoms with van der Waals surface area (Å²) >= 11 is 0. The molecule has 0 atom stereocenters. The zero-order valence-corrected chi connectivity index (χ0v) is 11.5. The lowest BCUT2D eigenvalue weighted by Crippen LogP contribution is -2.09. The van der Waals surface area contributed by atoms with Gasteiger partial charge >= 0.3 is 5.97 Å². The van der Waals surface area contributed by atoms with E-state index in [-0.39, 0.29) is 12.3 Å². The van der Waals surface area contributed by atoms with E-state index in [1.807, 2.05) is 31.2 Å². The Labute approximate surface area is 117 Å². The van der Waals surface area contributed by atoms with Gasteiger partial charge in [0, 0.05) is 12.7 Å². The van der Waals surface area contributed by atoms with Crippen LogP contribution in [0.1, 0.15) is 23.0 Å². The largest absolute Gasteiger partial charge is 0.497 e. The van der Waals surface area contributed by atoms with Crippen molar-refractivity contribution in [1.82, 2.24) is 9.78 Å². The number of aryl methyl sites for hydroxylation is 1. The zero-order valence-electron chi connectivity index (χ0n) is 11.5. The molecule has 106 valence electrons. The molecule has 0 saturated carbocycles. The van der Waals surface area contributed by atoms with Crippen LogP contribution in [-0.2, 0) is 17.9 Å². The van der Waals surface area contributed by atoms with Crippen molar-refractivity contribution in [3.05, 3.63) is 41.7 Å². The van der Waals surface area contributed by atoms with E-state index in [1.165, 1.54) is 0 Å². The number of ether oxygens (including phenoxy) is 2. The second kappa shape index (κ2) is 6.10. The number of nitrogen functional groups attached to an aromatic ring is 1. The van der Waals surface area contributed by atoms with Crippen molar-refractivity contribution in [2.24, 2.45) is 0 Å². The molecule has 2 rings (SSSR count).